The van der Waals surface area contributed by atoms with Gasteiger partial charge in [-0.15, -0.1) is 0 Å². The summed E-state index contributed by atoms with van der Waals surface area (Å²) in [6, 6.07) is 5.84. The minimum Gasteiger partial charge on any atom is -0.462 e. The Labute approximate surface area is 149 Å². The number of thioether (sulfide) groups is 1. The van der Waals surface area contributed by atoms with Crippen LogP contribution in [0.4, 0.5) is 0 Å². The number of nitrogens with one attached hydrogen (secondary N) is 1. The summed E-state index contributed by atoms with van der Waals surface area (Å²) in [5, 5.41) is 0. The van der Waals surface area contributed by atoms with Gasteiger partial charge in [-0.1, -0.05) is 26.0 Å². The number of hydrogen-bond acceptors (Lipinski definition) is 5. The van der Waals surface area contributed by atoms with Gasteiger partial charge in [0.25, 0.3) is 0 Å². The van der Waals surface area contributed by atoms with Gasteiger partial charge in [0.1, 0.15) is 6.04 Å². The smallest absolute Gasteiger partial charge is 0.324 e. The maximum atomic E-state index is 12.6. The third-order valence-electron chi connectivity index (χ3n) is 3.40. The van der Waals surface area contributed by atoms with E-state index < -0.39 is 22.0 Å². The van der Waals surface area contributed by atoms with Crippen LogP contribution in [0.25, 0.3) is 0 Å². The lowest BCUT2D eigenvalue weighted by molar-refractivity contribution is -0.149. The highest BCUT2D eigenvalue weighted by molar-refractivity contribution is 7.98. The fourth-order valence-corrected chi connectivity index (χ4v) is 3.75. The molecular weight excluding hydrogens is 346 g/mol. The predicted octanol–water partition coefficient (Wildman–Crippen LogP) is 3.16. The van der Waals surface area contributed by atoms with Crippen molar-refractivity contribution < 1.29 is 17.9 Å². The number of esters is 1. The molecular formula is C17H27NO4S2. The molecule has 24 heavy (non-hydrogen) atoms. The molecule has 0 amide bonds. The number of carbonyl (C=O) groups excluding carboxylic acids is 1. The van der Waals surface area contributed by atoms with Crippen LogP contribution in [0, 0.1) is 0 Å². The Morgan fingerprint density at radius 3 is 2.21 bits per heavy atom. The molecule has 136 valence electrons. The lowest BCUT2D eigenvalue weighted by Gasteiger charge is -2.19. The summed E-state index contributed by atoms with van der Waals surface area (Å²) in [6.07, 6.45) is 2.00. The third kappa shape index (κ3) is 6.45. The number of benzene rings is 1. The molecule has 1 unspecified atom stereocenters. The lowest BCUT2D eigenvalue weighted by atomic mass is 10.0. The van der Waals surface area contributed by atoms with Crippen LogP contribution in [0.3, 0.4) is 0 Å². The van der Waals surface area contributed by atoms with Crippen LogP contribution in [-0.2, 0) is 19.6 Å². The van der Waals surface area contributed by atoms with Gasteiger partial charge < -0.3 is 4.74 Å². The number of hydrogen-bond donors (Lipinski definition) is 1. The molecule has 0 bridgehead atoms. The average molecular weight is 374 g/mol. The Balaban J connectivity index is 2.94. The van der Waals surface area contributed by atoms with Crippen molar-refractivity contribution in [2.45, 2.75) is 57.1 Å². The quantitative estimate of drug-likeness (QED) is 0.673. The first-order chi connectivity index (χ1) is 11.2. The first-order valence-corrected chi connectivity index (χ1v) is 10.9. The molecule has 0 aromatic heterocycles. The predicted molar refractivity (Wildman–Crippen MR) is 98.9 cm³/mol. The minimum absolute atomic E-state index is 0.151. The van der Waals surface area contributed by atoms with Crippen molar-refractivity contribution in [2.75, 3.05) is 12.0 Å². The van der Waals surface area contributed by atoms with Gasteiger partial charge in [0.15, 0.2) is 0 Å². The van der Waals surface area contributed by atoms with E-state index in [4.69, 9.17) is 4.74 Å². The lowest BCUT2D eigenvalue weighted by Crippen LogP contribution is -2.42. The van der Waals surface area contributed by atoms with Crippen LogP contribution in [-0.4, -0.2) is 38.5 Å². The van der Waals surface area contributed by atoms with Crippen molar-refractivity contribution in [1.29, 1.82) is 0 Å². The van der Waals surface area contributed by atoms with Gasteiger partial charge in [0, 0.05) is 0 Å². The van der Waals surface area contributed by atoms with Gasteiger partial charge in [-0.2, -0.15) is 16.5 Å². The van der Waals surface area contributed by atoms with Crippen LogP contribution in [0.15, 0.2) is 29.2 Å². The molecule has 7 heteroatoms. The van der Waals surface area contributed by atoms with E-state index in [1.165, 1.54) is 0 Å². The van der Waals surface area contributed by atoms with E-state index in [1.54, 1.807) is 49.9 Å². The van der Waals surface area contributed by atoms with Crippen LogP contribution < -0.4 is 4.72 Å². The van der Waals surface area contributed by atoms with E-state index in [0.29, 0.717) is 18.1 Å². The van der Waals surface area contributed by atoms with Crippen molar-refractivity contribution >= 4 is 27.8 Å². The van der Waals surface area contributed by atoms with Gasteiger partial charge in [0.2, 0.25) is 10.0 Å². The highest BCUT2D eigenvalue weighted by Gasteiger charge is 2.27. The van der Waals surface area contributed by atoms with Crippen LogP contribution >= 0.6 is 11.8 Å². The number of ether oxygens (including phenoxy) is 1. The fraction of sp³-hybridized carbons (Fsp3) is 0.588. The van der Waals surface area contributed by atoms with Crippen LogP contribution in [0.1, 0.15) is 45.6 Å². The van der Waals surface area contributed by atoms with E-state index in [-0.39, 0.29) is 11.0 Å². The topological polar surface area (TPSA) is 72.5 Å². The molecule has 0 aliphatic carbocycles. The van der Waals surface area contributed by atoms with E-state index in [9.17, 15) is 13.2 Å². The summed E-state index contributed by atoms with van der Waals surface area (Å²) in [4.78, 5) is 12.3. The van der Waals surface area contributed by atoms with E-state index >= 15 is 0 Å². The molecule has 0 saturated heterocycles. The molecule has 0 fully saturated rings. The number of sulfonamides is 1. The first-order valence-electron chi connectivity index (χ1n) is 7.99. The van der Waals surface area contributed by atoms with Crippen LogP contribution in [0.5, 0.6) is 0 Å². The van der Waals surface area contributed by atoms with Gasteiger partial charge in [-0.3, -0.25) is 4.79 Å². The Kier molecular flexibility index (Phi) is 8.26. The normalized spacial score (nSPS) is 13.3. The Morgan fingerprint density at radius 1 is 1.17 bits per heavy atom. The Hall–Kier alpha value is -1.05. The van der Waals surface area contributed by atoms with Crippen molar-refractivity contribution in [2.24, 2.45) is 0 Å². The molecule has 0 aliphatic rings. The molecule has 0 saturated carbocycles. The summed E-state index contributed by atoms with van der Waals surface area (Å²) in [7, 11) is -3.77. The zero-order chi connectivity index (χ0) is 18.3. The number of carbonyl (C=O) groups is 1. The van der Waals surface area contributed by atoms with Crippen molar-refractivity contribution in [3.8, 4) is 0 Å². The van der Waals surface area contributed by atoms with Gasteiger partial charge >= 0.3 is 5.97 Å². The van der Waals surface area contributed by atoms with Crippen molar-refractivity contribution in [3.05, 3.63) is 29.8 Å². The molecule has 0 radical (unpaired) electrons. The summed E-state index contributed by atoms with van der Waals surface area (Å²) >= 11 is 1.55. The molecule has 1 aromatic carbocycles. The standard InChI is InChI=1S/C17H27NO4S2/c1-12(2)14-6-8-15(9-7-14)24(20,21)18-16(10-11-23-5)17(19)22-13(3)4/h6-9,12-13,16,18H,10-11H2,1-5H3. The second-order valence-electron chi connectivity index (χ2n) is 6.16. The summed E-state index contributed by atoms with van der Waals surface area (Å²) in [5.74, 6) is 0.443. The Morgan fingerprint density at radius 2 is 1.75 bits per heavy atom. The van der Waals surface area contributed by atoms with Crippen LogP contribution in [0.2, 0.25) is 0 Å². The summed E-state index contributed by atoms with van der Waals surface area (Å²) in [5.41, 5.74) is 1.06. The largest absolute Gasteiger partial charge is 0.462 e. The maximum Gasteiger partial charge on any atom is 0.324 e. The molecule has 1 aromatic rings. The minimum atomic E-state index is -3.77. The second kappa shape index (κ2) is 9.44. The molecule has 5 nitrogen and oxygen atoms in total. The fourth-order valence-electron chi connectivity index (χ4n) is 2.06. The summed E-state index contributed by atoms with van der Waals surface area (Å²) in [6.45, 7) is 7.57. The molecule has 1 atom stereocenters. The molecule has 1 rings (SSSR count). The zero-order valence-electron chi connectivity index (χ0n) is 14.9. The summed E-state index contributed by atoms with van der Waals surface area (Å²) < 4.78 is 32.8. The van der Waals surface area contributed by atoms with E-state index in [2.05, 4.69) is 4.72 Å². The molecule has 0 heterocycles. The van der Waals surface area contributed by atoms with Crippen molar-refractivity contribution in [1.82, 2.24) is 4.72 Å². The van der Waals surface area contributed by atoms with Gasteiger partial charge in [0.05, 0.1) is 11.0 Å². The molecule has 1 N–H and O–H groups in total. The second-order valence-corrected chi connectivity index (χ2v) is 8.86. The first kappa shape index (κ1) is 21.0. The van der Waals surface area contributed by atoms with Gasteiger partial charge in [-0.25, -0.2) is 8.42 Å². The monoisotopic (exact) mass is 373 g/mol. The van der Waals surface area contributed by atoms with E-state index in [1.807, 2.05) is 20.1 Å². The SMILES string of the molecule is CSCCC(NS(=O)(=O)c1ccc(C(C)C)cc1)C(=O)OC(C)C. The molecule has 0 aliphatic heterocycles. The average Bonchev–Trinajstić information content (AvgIpc) is 2.50. The maximum absolute atomic E-state index is 12.6. The van der Waals surface area contributed by atoms with Crippen molar-refractivity contribution in [3.63, 3.8) is 0 Å². The zero-order valence-corrected chi connectivity index (χ0v) is 16.5. The Bertz CT molecular complexity index is 624. The third-order valence-corrected chi connectivity index (χ3v) is 5.53. The molecule has 0 spiro atoms. The highest BCUT2D eigenvalue weighted by Crippen LogP contribution is 2.18. The number of rotatable bonds is 9. The highest BCUT2D eigenvalue weighted by atomic mass is 32.2. The van der Waals surface area contributed by atoms with E-state index in [0.717, 1.165) is 5.56 Å². The van der Waals surface area contributed by atoms with Gasteiger partial charge in [-0.05, 0) is 55.9 Å².